The highest BCUT2D eigenvalue weighted by Gasteiger charge is 2.27. The van der Waals surface area contributed by atoms with Crippen molar-refractivity contribution in [2.24, 2.45) is 5.73 Å². The maximum absolute atomic E-state index is 13.3. The van der Waals surface area contributed by atoms with E-state index >= 15 is 0 Å². The Labute approximate surface area is 80.7 Å². The van der Waals surface area contributed by atoms with Gasteiger partial charge in [-0.05, 0) is 13.0 Å². The van der Waals surface area contributed by atoms with Gasteiger partial charge in [-0.3, -0.25) is 0 Å². The molecule has 0 saturated carbocycles. The molecule has 0 aromatic heterocycles. The van der Waals surface area contributed by atoms with Crippen LogP contribution >= 0.6 is 0 Å². The van der Waals surface area contributed by atoms with E-state index in [9.17, 15) is 8.78 Å². The van der Waals surface area contributed by atoms with Crippen LogP contribution in [0.25, 0.3) is 0 Å². The smallest absolute Gasteiger partial charge is 0.200 e. The molecule has 0 fully saturated rings. The van der Waals surface area contributed by atoms with Gasteiger partial charge in [0.2, 0.25) is 5.82 Å². The summed E-state index contributed by atoms with van der Waals surface area (Å²) in [5.41, 5.74) is 6.33. The Balaban J connectivity index is 2.54. The molecule has 1 aromatic rings. The van der Waals surface area contributed by atoms with Crippen LogP contribution in [0.4, 0.5) is 8.78 Å². The van der Waals surface area contributed by atoms with Crippen LogP contribution in [-0.4, -0.2) is 6.10 Å². The van der Waals surface area contributed by atoms with Gasteiger partial charge in [-0.25, -0.2) is 4.39 Å². The summed E-state index contributed by atoms with van der Waals surface area (Å²) in [4.78, 5) is 0. The maximum Gasteiger partial charge on any atom is 0.200 e. The van der Waals surface area contributed by atoms with Crippen molar-refractivity contribution < 1.29 is 13.5 Å². The van der Waals surface area contributed by atoms with Crippen molar-refractivity contribution in [2.75, 3.05) is 0 Å². The number of ether oxygens (including phenoxy) is 1. The monoisotopic (exact) mass is 199 g/mol. The second kappa shape index (κ2) is 3.20. The summed E-state index contributed by atoms with van der Waals surface area (Å²) in [7, 11) is 0. The molecule has 2 unspecified atom stereocenters. The Bertz CT molecular complexity index is 367. The van der Waals surface area contributed by atoms with Crippen LogP contribution in [0.2, 0.25) is 0 Å². The topological polar surface area (TPSA) is 35.2 Å². The third kappa shape index (κ3) is 1.35. The van der Waals surface area contributed by atoms with E-state index in [0.717, 1.165) is 6.07 Å². The molecule has 2 nitrogen and oxygen atoms in total. The van der Waals surface area contributed by atoms with Crippen LogP contribution in [0.5, 0.6) is 5.75 Å². The van der Waals surface area contributed by atoms with Gasteiger partial charge in [-0.15, -0.1) is 0 Å². The van der Waals surface area contributed by atoms with Crippen LogP contribution in [0.1, 0.15) is 24.9 Å². The summed E-state index contributed by atoms with van der Waals surface area (Å²) in [5, 5.41) is 0. The zero-order valence-corrected chi connectivity index (χ0v) is 7.76. The fourth-order valence-corrected chi connectivity index (χ4v) is 1.69. The van der Waals surface area contributed by atoms with Gasteiger partial charge in [-0.1, -0.05) is 6.07 Å². The lowest BCUT2D eigenvalue weighted by Gasteiger charge is -2.28. The lowest BCUT2D eigenvalue weighted by molar-refractivity contribution is 0.166. The van der Waals surface area contributed by atoms with E-state index in [1.807, 2.05) is 0 Å². The van der Waals surface area contributed by atoms with Crippen LogP contribution < -0.4 is 10.5 Å². The van der Waals surface area contributed by atoms with Crippen LogP contribution in [0.15, 0.2) is 12.1 Å². The molecule has 0 saturated heterocycles. The number of rotatable bonds is 0. The number of halogens is 2. The summed E-state index contributed by atoms with van der Waals surface area (Å²) < 4.78 is 31.4. The molecule has 0 amide bonds. The van der Waals surface area contributed by atoms with E-state index in [1.165, 1.54) is 6.07 Å². The van der Waals surface area contributed by atoms with Crippen LogP contribution in [0.3, 0.4) is 0 Å². The van der Waals surface area contributed by atoms with Crippen molar-refractivity contribution in [2.45, 2.75) is 25.5 Å². The second-order valence-corrected chi connectivity index (χ2v) is 3.55. The minimum Gasteiger partial charge on any atom is -0.487 e. The standard InChI is InChI=1S/C10H11F2NO/c1-5-4-8(13)6-2-3-7(11)9(12)10(6)14-5/h2-3,5,8H,4,13H2,1H3. The first-order valence-corrected chi connectivity index (χ1v) is 4.49. The zero-order valence-electron chi connectivity index (χ0n) is 7.76. The Hall–Kier alpha value is -1.16. The van der Waals surface area contributed by atoms with Crippen molar-refractivity contribution in [3.05, 3.63) is 29.3 Å². The molecule has 0 radical (unpaired) electrons. The van der Waals surface area contributed by atoms with Gasteiger partial charge in [-0.2, -0.15) is 4.39 Å². The van der Waals surface area contributed by atoms with Gasteiger partial charge < -0.3 is 10.5 Å². The van der Waals surface area contributed by atoms with Gasteiger partial charge in [0.05, 0.1) is 6.10 Å². The molecule has 0 spiro atoms. The number of fused-ring (bicyclic) bond motifs is 1. The van der Waals surface area contributed by atoms with Crippen LogP contribution in [-0.2, 0) is 0 Å². The van der Waals surface area contributed by atoms with Crippen LogP contribution in [0, 0.1) is 11.6 Å². The first-order valence-electron chi connectivity index (χ1n) is 4.49. The van der Waals surface area contributed by atoms with E-state index < -0.39 is 11.6 Å². The fraction of sp³-hybridized carbons (Fsp3) is 0.400. The number of nitrogens with two attached hydrogens (primary N) is 1. The number of hydrogen-bond acceptors (Lipinski definition) is 2. The molecule has 2 N–H and O–H groups in total. The first kappa shape index (κ1) is 9.40. The Morgan fingerprint density at radius 3 is 2.86 bits per heavy atom. The minimum absolute atomic E-state index is 0.0312. The SMILES string of the molecule is CC1CC(N)c2ccc(F)c(F)c2O1. The molecule has 0 bridgehead atoms. The highest BCUT2D eigenvalue weighted by atomic mass is 19.2. The average Bonchev–Trinajstić information content (AvgIpc) is 2.12. The molecule has 1 aliphatic heterocycles. The third-order valence-electron chi connectivity index (χ3n) is 2.38. The third-order valence-corrected chi connectivity index (χ3v) is 2.38. The molecule has 14 heavy (non-hydrogen) atoms. The lowest BCUT2D eigenvalue weighted by Crippen LogP contribution is -2.28. The summed E-state index contributed by atoms with van der Waals surface area (Å²) in [6, 6.07) is 2.28. The Morgan fingerprint density at radius 1 is 1.43 bits per heavy atom. The summed E-state index contributed by atoms with van der Waals surface area (Å²) in [6.07, 6.45) is 0.451. The van der Waals surface area contributed by atoms with Crippen molar-refractivity contribution in [1.29, 1.82) is 0 Å². The Morgan fingerprint density at radius 2 is 2.14 bits per heavy atom. The fourth-order valence-electron chi connectivity index (χ4n) is 1.69. The normalized spacial score (nSPS) is 25.4. The molecule has 1 aliphatic rings. The second-order valence-electron chi connectivity index (χ2n) is 3.55. The molecular weight excluding hydrogens is 188 g/mol. The summed E-state index contributed by atoms with van der Waals surface area (Å²) in [6.45, 7) is 1.78. The van der Waals surface area contributed by atoms with E-state index in [2.05, 4.69) is 0 Å². The molecular formula is C10H11F2NO. The minimum atomic E-state index is -0.940. The molecule has 1 aromatic carbocycles. The molecule has 0 aliphatic carbocycles. The largest absolute Gasteiger partial charge is 0.487 e. The van der Waals surface area contributed by atoms with Gasteiger partial charge >= 0.3 is 0 Å². The predicted octanol–water partition coefficient (Wildman–Crippen LogP) is 2.14. The number of hydrogen-bond donors (Lipinski definition) is 1. The van der Waals surface area contributed by atoms with Gasteiger partial charge in [0.25, 0.3) is 0 Å². The van der Waals surface area contributed by atoms with Crippen molar-refractivity contribution in [3.63, 3.8) is 0 Å². The highest BCUT2D eigenvalue weighted by Crippen LogP contribution is 2.36. The molecule has 76 valence electrons. The highest BCUT2D eigenvalue weighted by molar-refractivity contribution is 5.39. The van der Waals surface area contributed by atoms with E-state index in [0.29, 0.717) is 12.0 Å². The summed E-state index contributed by atoms with van der Waals surface area (Å²) in [5.74, 6) is -1.87. The average molecular weight is 199 g/mol. The van der Waals surface area contributed by atoms with Crippen molar-refractivity contribution >= 4 is 0 Å². The van der Waals surface area contributed by atoms with Crippen molar-refractivity contribution in [1.82, 2.24) is 0 Å². The van der Waals surface area contributed by atoms with E-state index in [4.69, 9.17) is 10.5 Å². The first-order chi connectivity index (χ1) is 6.59. The predicted molar refractivity (Wildman–Crippen MR) is 48.0 cm³/mol. The van der Waals surface area contributed by atoms with E-state index in [1.54, 1.807) is 6.92 Å². The van der Waals surface area contributed by atoms with Gasteiger partial charge in [0, 0.05) is 18.0 Å². The lowest BCUT2D eigenvalue weighted by atomic mass is 9.98. The van der Waals surface area contributed by atoms with Crippen molar-refractivity contribution in [3.8, 4) is 5.75 Å². The summed E-state index contributed by atoms with van der Waals surface area (Å²) >= 11 is 0. The van der Waals surface area contributed by atoms with Gasteiger partial charge in [0.15, 0.2) is 11.6 Å². The molecule has 1 heterocycles. The molecule has 2 atom stereocenters. The molecule has 2 rings (SSSR count). The Kier molecular flexibility index (Phi) is 2.15. The van der Waals surface area contributed by atoms with E-state index in [-0.39, 0.29) is 17.9 Å². The maximum atomic E-state index is 13.3. The quantitative estimate of drug-likeness (QED) is 0.694. The van der Waals surface area contributed by atoms with Gasteiger partial charge in [0.1, 0.15) is 0 Å². The molecule has 4 heteroatoms. The zero-order chi connectivity index (χ0) is 10.3. The number of benzene rings is 1.